The van der Waals surface area contributed by atoms with Gasteiger partial charge in [0.05, 0.1) is 18.2 Å². The Morgan fingerprint density at radius 2 is 2.17 bits per heavy atom. The molecule has 0 saturated heterocycles. The van der Waals surface area contributed by atoms with Crippen LogP contribution in [-0.2, 0) is 0 Å². The van der Waals surface area contributed by atoms with Crippen molar-refractivity contribution in [3.63, 3.8) is 0 Å². The largest absolute Gasteiger partial charge is 0.492 e. The molecule has 1 rings (SSSR count). The first kappa shape index (κ1) is 15.1. The van der Waals surface area contributed by atoms with E-state index in [-0.39, 0.29) is 0 Å². The van der Waals surface area contributed by atoms with Crippen LogP contribution < -0.4 is 14.8 Å². The molecule has 0 aliphatic heterocycles. The molecule has 3 nitrogen and oxygen atoms in total. The van der Waals surface area contributed by atoms with Gasteiger partial charge in [-0.25, -0.2) is 0 Å². The summed E-state index contributed by atoms with van der Waals surface area (Å²) in [6.45, 7) is 4.67. The SMILES string of the molecule is CCOc1cc(/C=C/C(C)NC)cc(Br)c1OC. The third-order valence-electron chi connectivity index (χ3n) is 2.57. The van der Waals surface area contributed by atoms with E-state index in [1.807, 2.05) is 26.1 Å². The molecule has 0 aromatic heterocycles. The molecule has 100 valence electrons. The van der Waals surface area contributed by atoms with Gasteiger partial charge in [-0.2, -0.15) is 0 Å². The summed E-state index contributed by atoms with van der Waals surface area (Å²) in [4.78, 5) is 0. The van der Waals surface area contributed by atoms with Gasteiger partial charge in [-0.05, 0) is 54.5 Å². The lowest BCUT2D eigenvalue weighted by molar-refractivity contribution is 0.310. The fourth-order valence-corrected chi connectivity index (χ4v) is 2.12. The summed E-state index contributed by atoms with van der Waals surface area (Å²) >= 11 is 3.50. The van der Waals surface area contributed by atoms with Crippen molar-refractivity contribution in [1.82, 2.24) is 5.32 Å². The first-order valence-electron chi connectivity index (χ1n) is 5.98. The van der Waals surface area contributed by atoms with Crippen molar-refractivity contribution in [2.45, 2.75) is 19.9 Å². The molecule has 1 atom stereocenters. The van der Waals surface area contributed by atoms with Gasteiger partial charge in [0.2, 0.25) is 0 Å². The molecule has 0 bridgehead atoms. The monoisotopic (exact) mass is 313 g/mol. The van der Waals surface area contributed by atoms with Gasteiger partial charge in [0.1, 0.15) is 0 Å². The van der Waals surface area contributed by atoms with Crippen molar-refractivity contribution in [2.75, 3.05) is 20.8 Å². The van der Waals surface area contributed by atoms with Crippen LogP contribution in [-0.4, -0.2) is 26.8 Å². The molecule has 0 aliphatic carbocycles. The van der Waals surface area contributed by atoms with Crippen molar-refractivity contribution in [1.29, 1.82) is 0 Å². The molecule has 1 N–H and O–H groups in total. The van der Waals surface area contributed by atoms with Gasteiger partial charge in [-0.3, -0.25) is 0 Å². The fraction of sp³-hybridized carbons (Fsp3) is 0.429. The quantitative estimate of drug-likeness (QED) is 0.872. The second-order valence-corrected chi connectivity index (χ2v) is 4.76. The van der Waals surface area contributed by atoms with E-state index in [1.54, 1.807) is 7.11 Å². The normalized spacial score (nSPS) is 12.7. The van der Waals surface area contributed by atoms with E-state index >= 15 is 0 Å². The van der Waals surface area contributed by atoms with E-state index in [2.05, 4.69) is 40.3 Å². The number of hydrogen-bond acceptors (Lipinski definition) is 3. The van der Waals surface area contributed by atoms with Gasteiger partial charge in [0.25, 0.3) is 0 Å². The summed E-state index contributed by atoms with van der Waals surface area (Å²) < 4.78 is 11.8. The second-order valence-electron chi connectivity index (χ2n) is 3.90. The first-order valence-corrected chi connectivity index (χ1v) is 6.77. The van der Waals surface area contributed by atoms with Gasteiger partial charge >= 0.3 is 0 Å². The van der Waals surface area contributed by atoms with Crippen molar-refractivity contribution in [2.24, 2.45) is 0 Å². The van der Waals surface area contributed by atoms with E-state index in [0.717, 1.165) is 21.5 Å². The maximum Gasteiger partial charge on any atom is 0.174 e. The van der Waals surface area contributed by atoms with Gasteiger partial charge in [-0.15, -0.1) is 0 Å². The highest BCUT2D eigenvalue weighted by Gasteiger charge is 2.09. The van der Waals surface area contributed by atoms with Crippen molar-refractivity contribution < 1.29 is 9.47 Å². The molecule has 0 fully saturated rings. The Balaban J connectivity index is 3.04. The Kier molecular flexibility index (Phi) is 6.22. The van der Waals surface area contributed by atoms with E-state index in [4.69, 9.17) is 9.47 Å². The van der Waals surface area contributed by atoms with Gasteiger partial charge < -0.3 is 14.8 Å². The fourth-order valence-electron chi connectivity index (χ4n) is 1.50. The summed E-state index contributed by atoms with van der Waals surface area (Å²) in [7, 11) is 3.58. The third kappa shape index (κ3) is 4.03. The number of benzene rings is 1. The number of halogens is 1. The number of nitrogens with one attached hydrogen (secondary N) is 1. The number of hydrogen-bond donors (Lipinski definition) is 1. The minimum Gasteiger partial charge on any atom is -0.492 e. The Bertz CT molecular complexity index is 419. The molecule has 0 heterocycles. The summed E-state index contributed by atoms with van der Waals surface area (Å²) in [6.07, 6.45) is 4.16. The van der Waals surface area contributed by atoms with Crippen molar-refractivity contribution in [3.05, 3.63) is 28.2 Å². The van der Waals surface area contributed by atoms with Crippen LogP contribution in [0, 0.1) is 0 Å². The topological polar surface area (TPSA) is 30.5 Å². The Labute approximate surface area is 117 Å². The predicted octanol–water partition coefficient (Wildman–Crippen LogP) is 3.48. The summed E-state index contributed by atoms with van der Waals surface area (Å²) in [5, 5.41) is 3.16. The molecule has 0 spiro atoms. The zero-order valence-corrected chi connectivity index (χ0v) is 12.9. The minimum atomic E-state index is 0.335. The second kappa shape index (κ2) is 7.44. The predicted molar refractivity (Wildman–Crippen MR) is 79.4 cm³/mol. The highest BCUT2D eigenvalue weighted by molar-refractivity contribution is 9.10. The number of rotatable bonds is 6. The van der Waals surface area contributed by atoms with Crippen LogP contribution >= 0.6 is 15.9 Å². The molecular weight excluding hydrogens is 294 g/mol. The summed E-state index contributed by atoms with van der Waals surface area (Å²) in [6, 6.07) is 4.33. The molecule has 0 amide bonds. The Morgan fingerprint density at radius 3 is 2.72 bits per heavy atom. The molecule has 0 radical (unpaired) electrons. The molecule has 0 aliphatic rings. The van der Waals surface area contributed by atoms with Crippen LogP contribution in [0.2, 0.25) is 0 Å². The van der Waals surface area contributed by atoms with Crippen molar-refractivity contribution >= 4 is 22.0 Å². The summed E-state index contributed by atoms with van der Waals surface area (Å²) in [5.74, 6) is 1.49. The van der Waals surface area contributed by atoms with Crippen LogP contribution in [0.3, 0.4) is 0 Å². The zero-order valence-electron chi connectivity index (χ0n) is 11.3. The number of ether oxygens (including phenoxy) is 2. The molecule has 4 heteroatoms. The van der Waals surface area contributed by atoms with Gasteiger partial charge in [-0.1, -0.05) is 12.2 Å². The average Bonchev–Trinajstić information content (AvgIpc) is 2.36. The molecular formula is C14H20BrNO2. The lowest BCUT2D eigenvalue weighted by Gasteiger charge is -2.12. The number of likely N-dealkylation sites (N-methyl/N-ethyl adjacent to an activating group) is 1. The highest BCUT2D eigenvalue weighted by atomic mass is 79.9. The lowest BCUT2D eigenvalue weighted by Crippen LogP contribution is -2.17. The van der Waals surface area contributed by atoms with Crippen molar-refractivity contribution in [3.8, 4) is 11.5 Å². The van der Waals surface area contributed by atoms with E-state index in [9.17, 15) is 0 Å². The molecule has 1 aromatic carbocycles. The lowest BCUT2D eigenvalue weighted by atomic mass is 10.1. The van der Waals surface area contributed by atoms with Gasteiger partial charge in [0.15, 0.2) is 11.5 Å². The van der Waals surface area contributed by atoms with Crippen LogP contribution in [0.5, 0.6) is 11.5 Å². The maximum atomic E-state index is 5.58. The Morgan fingerprint density at radius 1 is 1.44 bits per heavy atom. The maximum absolute atomic E-state index is 5.58. The minimum absolute atomic E-state index is 0.335. The zero-order chi connectivity index (χ0) is 13.5. The highest BCUT2D eigenvalue weighted by Crippen LogP contribution is 2.36. The molecule has 1 unspecified atom stereocenters. The van der Waals surface area contributed by atoms with Crippen LogP contribution in [0.25, 0.3) is 6.08 Å². The standard InChI is InChI=1S/C14H20BrNO2/c1-5-18-13-9-11(7-6-10(2)16-3)8-12(15)14(13)17-4/h6-10,16H,5H2,1-4H3/b7-6+. The smallest absolute Gasteiger partial charge is 0.174 e. The van der Waals surface area contributed by atoms with Crippen LogP contribution in [0.15, 0.2) is 22.7 Å². The molecule has 1 aromatic rings. The van der Waals surface area contributed by atoms with E-state index < -0.39 is 0 Å². The van der Waals surface area contributed by atoms with Gasteiger partial charge in [0, 0.05) is 6.04 Å². The average molecular weight is 314 g/mol. The van der Waals surface area contributed by atoms with Crippen LogP contribution in [0.4, 0.5) is 0 Å². The van der Waals surface area contributed by atoms with E-state index in [1.165, 1.54) is 0 Å². The third-order valence-corrected chi connectivity index (χ3v) is 3.16. The number of methoxy groups -OCH3 is 1. The van der Waals surface area contributed by atoms with E-state index in [0.29, 0.717) is 12.6 Å². The summed E-state index contributed by atoms with van der Waals surface area (Å²) in [5.41, 5.74) is 1.08. The first-order chi connectivity index (χ1) is 8.62. The van der Waals surface area contributed by atoms with Crippen LogP contribution in [0.1, 0.15) is 19.4 Å². The molecule has 0 saturated carbocycles. The molecule has 18 heavy (non-hydrogen) atoms. The Hall–Kier alpha value is -1.00.